The smallest absolute Gasteiger partial charge is 0.237 e. The number of halogens is 1. The van der Waals surface area contributed by atoms with E-state index in [-0.39, 0.29) is 22.3 Å². The minimum absolute atomic E-state index is 0.118. The van der Waals surface area contributed by atoms with Gasteiger partial charge in [-0.25, -0.2) is 18.1 Å². The predicted molar refractivity (Wildman–Crippen MR) is 132 cm³/mol. The topological polar surface area (TPSA) is 109 Å². The van der Waals surface area contributed by atoms with Crippen molar-refractivity contribution in [3.8, 4) is 11.3 Å². The van der Waals surface area contributed by atoms with Gasteiger partial charge in [0.1, 0.15) is 10.9 Å². The molecule has 0 bridgehead atoms. The number of aliphatic hydroxyl groups is 1. The second-order valence-electron chi connectivity index (χ2n) is 7.17. The number of benzene rings is 1. The number of aromatic nitrogens is 3. The highest BCUT2D eigenvalue weighted by atomic mass is 79.9. The Morgan fingerprint density at radius 2 is 2.06 bits per heavy atom. The number of nitrogens with one attached hydrogen (secondary N) is 2. The maximum atomic E-state index is 12.4. The van der Waals surface area contributed by atoms with E-state index in [1.165, 1.54) is 12.2 Å². The van der Waals surface area contributed by atoms with Crippen LogP contribution in [0.15, 0.2) is 63.1 Å². The van der Waals surface area contributed by atoms with Crippen molar-refractivity contribution in [3.05, 3.63) is 68.7 Å². The summed E-state index contributed by atoms with van der Waals surface area (Å²) in [7, 11) is -3.56. The summed E-state index contributed by atoms with van der Waals surface area (Å²) >= 11 is 4.60. The van der Waals surface area contributed by atoms with Crippen LogP contribution in [0.5, 0.6) is 0 Å². The Balaban J connectivity index is 1.44. The second kappa shape index (κ2) is 9.65. The normalized spacial score (nSPS) is 14.3. The Labute approximate surface area is 199 Å². The average molecular weight is 536 g/mol. The highest BCUT2D eigenvalue weighted by molar-refractivity contribution is 9.10. The van der Waals surface area contributed by atoms with E-state index in [2.05, 4.69) is 31.1 Å². The summed E-state index contributed by atoms with van der Waals surface area (Å²) in [6.07, 6.45) is 5.11. The molecule has 11 heteroatoms. The SMILES string of the molecule is Cc1ccccc1-c1cc(NCCCNS(=O)(=O)C2=CC=C(O)SC2)n2ncc(Br)c2n1. The lowest BCUT2D eigenvalue weighted by Gasteiger charge is -2.14. The molecule has 1 aromatic carbocycles. The molecular weight excluding hydrogens is 514 g/mol. The van der Waals surface area contributed by atoms with Crippen molar-refractivity contribution in [2.45, 2.75) is 13.3 Å². The lowest BCUT2D eigenvalue weighted by Crippen LogP contribution is -2.28. The molecule has 3 heterocycles. The van der Waals surface area contributed by atoms with Crippen LogP contribution in [-0.2, 0) is 10.0 Å². The third kappa shape index (κ3) is 5.01. The Morgan fingerprint density at radius 3 is 2.81 bits per heavy atom. The van der Waals surface area contributed by atoms with Crippen molar-refractivity contribution < 1.29 is 13.5 Å². The van der Waals surface area contributed by atoms with E-state index in [9.17, 15) is 13.5 Å². The molecule has 0 atom stereocenters. The molecule has 1 aliphatic heterocycles. The van der Waals surface area contributed by atoms with E-state index in [1.54, 1.807) is 10.7 Å². The van der Waals surface area contributed by atoms with Crippen molar-refractivity contribution in [3.63, 3.8) is 0 Å². The predicted octanol–water partition coefficient (Wildman–Crippen LogP) is 4.22. The number of thioether (sulfide) groups is 1. The summed E-state index contributed by atoms with van der Waals surface area (Å²) in [5, 5.41) is 17.2. The fourth-order valence-corrected chi connectivity index (χ4v) is 5.78. The summed E-state index contributed by atoms with van der Waals surface area (Å²) in [4.78, 5) is 5.01. The van der Waals surface area contributed by atoms with Gasteiger partial charge in [0.15, 0.2) is 5.65 Å². The molecule has 0 aliphatic carbocycles. The molecule has 4 rings (SSSR count). The zero-order chi connectivity index (χ0) is 22.7. The summed E-state index contributed by atoms with van der Waals surface area (Å²) in [5.74, 6) is 0.995. The minimum atomic E-state index is -3.56. The molecule has 3 aromatic rings. The van der Waals surface area contributed by atoms with Crippen LogP contribution < -0.4 is 10.0 Å². The maximum absolute atomic E-state index is 12.4. The quantitative estimate of drug-likeness (QED) is 0.370. The van der Waals surface area contributed by atoms with Gasteiger partial charge in [-0.15, -0.1) is 0 Å². The number of hydrogen-bond donors (Lipinski definition) is 3. The minimum Gasteiger partial charge on any atom is -0.502 e. The van der Waals surface area contributed by atoms with Crippen molar-refractivity contribution in [2.24, 2.45) is 0 Å². The average Bonchev–Trinajstić information content (AvgIpc) is 3.15. The van der Waals surface area contributed by atoms with Crippen LogP contribution in [0, 0.1) is 6.92 Å². The Kier molecular flexibility index (Phi) is 6.89. The van der Waals surface area contributed by atoms with Gasteiger partial charge in [0.2, 0.25) is 10.0 Å². The molecule has 0 radical (unpaired) electrons. The molecule has 0 fully saturated rings. The molecule has 168 valence electrons. The molecule has 0 saturated carbocycles. The first-order valence-electron chi connectivity index (χ1n) is 9.91. The Bertz CT molecular complexity index is 1320. The summed E-state index contributed by atoms with van der Waals surface area (Å²) in [5.41, 5.74) is 3.70. The summed E-state index contributed by atoms with van der Waals surface area (Å²) in [6.45, 7) is 2.87. The van der Waals surface area contributed by atoms with Gasteiger partial charge in [0, 0.05) is 30.5 Å². The monoisotopic (exact) mass is 535 g/mol. The van der Waals surface area contributed by atoms with Crippen molar-refractivity contribution in [1.82, 2.24) is 19.3 Å². The lowest BCUT2D eigenvalue weighted by atomic mass is 10.1. The first kappa shape index (κ1) is 22.8. The zero-order valence-corrected chi connectivity index (χ0v) is 20.5. The van der Waals surface area contributed by atoms with Crippen molar-refractivity contribution in [2.75, 3.05) is 24.2 Å². The van der Waals surface area contributed by atoms with E-state index in [0.29, 0.717) is 18.6 Å². The van der Waals surface area contributed by atoms with Gasteiger partial charge >= 0.3 is 0 Å². The number of sulfonamides is 1. The molecule has 0 spiro atoms. The van der Waals surface area contributed by atoms with Crippen LogP contribution in [0.2, 0.25) is 0 Å². The maximum Gasteiger partial charge on any atom is 0.237 e. The van der Waals surface area contributed by atoms with Gasteiger partial charge in [0.05, 0.1) is 21.3 Å². The highest BCUT2D eigenvalue weighted by Gasteiger charge is 2.19. The molecule has 32 heavy (non-hydrogen) atoms. The largest absolute Gasteiger partial charge is 0.502 e. The number of fused-ring (bicyclic) bond motifs is 1. The Hall–Kier alpha value is -2.34. The first-order valence-corrected chi connectivity index (χ1v) is 13.2. The van der Waals surface area contributed by atoms with Crippen LogP contribution in [0.4, 0.5) is 5.82 Å². The number of aryl methyl sites for hydroxylation is 1. The zero-order valence-electron chi connectivity index (χ0n) is 17.2. The van der Waals surface area contributed by atoms with Crippen LogP contribution in [0.3, 0.4) is 0 Å². The number of nitrogens with zero attached hydrogens (tertiary/aromatic N) is 3. The number of rotatable bonds is 8. The van der Waals surface area contributed by atoms with Crippen molar-refractivity contribution >= 4 is 49.2 Å². The molecular formula is C21H22BrN5O3S2. The van der Waals surface area contributed by atoms with Gasteiger partial charge in [-0.1, -0.05) is 36.0 Å². The third-order valence-electron chi connectivity index (χ3n) is 4.92. The Morgan fingerprint density at radius 1 is 1.25 bits per heavy atom. The van der Waals surface area contributed by atoms with Gasteiger partial charge in [-0.2, -0.15) is 9.61 Å². The van der Waals surface area contributed by atoms with E-state index >= 15 is 0 Å². The first-order chi connectivity index (χ1) is 15.3. The molecule has 8 nitrogen and oxygen atoms in total. The molecule has 0 unspecified atom stereocenters. The van der Waals surface area contributed by atoms with Gasteiger partial charge in [-0.3, -0.25) is 0 Å². The van der Waals surface area contributed by atoms with E-state index in [0.717, 1.165) is 38.9 Å². The van der Waals surface area contributed by atoms with Crippen LogP contribution >= 0.6 is 27.7 Å². The van der Waals surface area contributed by atoms with Gasteiger partial charge in [-0.05, 0) is 47.0 Å². The number of allylic oxidation sites excluding steroid dienone is 2. The summed E-state index contributed by atoms with van der Waals surface area (Å²) < 4.78 is 29.9. The molecule has 0 amide bonds. The fourth-order valence-electron chi connectivity index (χ4n) is 3.24. The van der Waals surface area contributed by atoms with Crippen LogP contribution in [0.1, 0.15) is 12.0 Å². The molecule has 2 aromatic heterocycles. The van der Waals surface area contributed by atoms with Crippen LogP contribution in [-0.4, -0.2) is 47.0 Å². The van der Waals surface area contributed by atoms with Crippen molar-refractivity contribution in [1.29, 1.82) is 0 Å². The van der Waals surface area contributed by atoms with E-state index in [4.69, 9.17) is 4.98 Å². The second-order valence-corrected chi connectivity index (χ2v) is 10.8. The lowest BCUT2D eigenvalue weighted by molar-refractivity contribution is 0.456. The highest BCUT2D eigenvalue weighted by Crippen LogP contribution is 2.28. The fraction of sp³-hybridized carbons (Fsp3) is 0.238. The van der Waals surface area contributed by atoms with E-state index < -0.39 is 10.0 Å². The number of anilines is 1. The van der Waals surface area contributed by atoms with E-state index in [1.807, 2.05) is 37.3 Å². The number of aliphatic hydroxyl groups excluding tert-OH is 1. The molecule has 1 aliphatic rings. The number of hydrogen-bond acceptors (Lipinski definition) is 7. The van der Waals surface area contributed by atoms with Gasteiger partial charge < -0.3 is 10.4 Å². The standard InChI is InChI=1S/C21H22BrN5O3S2/c1-14-5-2-3-6-16(14)18-11-19(27-21(26-18)17(22)12-24-27)23-9-4-10-25-32(29,30)15-7-8-20(28)31-13-15/h2-3,5-8,11-12,23,25,28H,4,9-10,13H2,1H3. The third-order valence-corrected chi connectivity index (χ3v) is 8.11. The van der Waals surface area contributed by atoms with Gasteiger partial charge in [0.25, 0.3) is 0 Å². The van der Waals surface area contributed by atoms with Crippen LogP contribution in [0.25, 0.3) is 16.9 Å². The summed E-state index contributed by atoms with van der Waals surface area (Å²) in [6, 6.07) is 10.00. The molecule has 0 saturated heterocycles. The molecule has 3 N–H and O–H groups in total.